The molecule has 0 N–H and O–H groups in total. The third-order valence-electron chi connectivity index (χ3n) is 3.94. The molecular formula is C19H16F2N2O4S. The van der Waals surface area contributed by atoms with E-state index in [1.54, 1.807) is 31.4 Å². The van der Waals surface area contributed by atoms with Gasteiger partial charge >= 0.3 is 5.97 Å². The first kappa shape index (κ1) is 19.7. The number of amides is 1. The zero-order valence-electron chi connectivity index (χ0n) is 15.1. The number of thiazole rings is 1. The van der Waals surface area contributed by atoms with E-state index in [-0.39, 0.29) is 28.0 Å². The Morgan fingerprint density at radius 3 is 2.50 bits per heavy atom. The van der Waals surface area contributed by atoms with E-state index in [1.165, 1.54) is 11.7 Å². The first-order chi connectivity index (χ1) is 13.4. The normalized spacial score (nSPS) is 11.6. The van der Waals surface area contributed by atoms with E-state index >= 15 is 0 Å². The molecule has 6 nitrogen and oxygen atoms in total. The lowest BCUT2D eigenvalue weighted by molar-refractivity contribution is -0.141. The van der Waals surface area contributed by atoms with Crippen molar-refractivity contribution in [1.29, 1.82) is 0 Å². The lowest BCUT2D eigenvalue weighted by atomic mass is 10.1. The van der Waals surface area contributed by atoms with Crippen molar-refractivity contribution in [3.05, 3.63) is 58.4 Å². The molecule has 146 valence electrons. The minimum atomic E-state index is -0.848. The Morgan fingerprint density at radius 1 is 1.14 bits per heavy atom. The molecule has 0 saturated heterocycles. The van der Waals surface area contributed by atoms with Gasteiger partial charge in [-0.25, -0.2) is 8.78 Å². The Hall–Kier alpha value is -3.07. The number of rotatable bonds is 5. The lowest BCUT2D eigenvalue weighted by Crippen LogP contribution is -2.23. The number of aromatic nitrogens is 1. The first-order valence-corrected chi connectivity index (χ1v) is 8.98. The number of carbonyl (C=O) groups excluding carboxylic acids is 2. The van der Waals surface area contributed by atoms with Gasteiger partial charge in [0.1, 0.15) is 18.1 Å². The molecule has 0 unspecified atom stereocenters. The van der Waals surface area contributed by atoms with Crippen LogP contribution in [0.5, 0.6) is 5.75 Å². The van der Waals surface area contributed by atoms with Crippen LogP contribution in [0.2, 0.25) is 0 Å². The van der Waals surface area contributed by atoms with Crippen molar-refractivity contribution in [3.63, 3.8) is 0 Å². The summed E-state index contributed by atoms with van der Waals surface area (Å²) in [5.74, 6) is -2.08. The molecule has 1 aromatic heterocycles. The molecule has 2 aromatic carbocycles. The first-order valence-electron chi connectivity index (χ1n) is 8.17. The van der Waals surface area contributed by atoms with Gasteiger partial charge < -0.3 is 14.0 Å². The minimum absolute atomic E-state index is 0.00667. The van der Waals surface area contributed by atoms with E-state index in [4.69, 9.17) is 4.74 Å². The number of ether oxygens (including phenoxy) is 2. The molecule has 1 heterocycles. The monoisotopic (exact) mass is 406 g/mol. The fraction of sp³-hybridized carbons (Fsp3) is 0.211. The lowest BCUT2D eigenvalue weighted by Gasteiger charge is -2.04. The fourth-order valence-corrected chi connectivity index (χ4v) is 3.71. The van der Waals surface area contributed by atoms with Crippen molar-refractivity contribution in [2.75, 3.05) is 14.2 Å². The van der Waals surface area contributed by atoms with Crippen molar-refractivity contribution in [3.8, 4) is 5.75 Å². The topological polar surface area (TPSA) is 69.9 Å². The summed E-state index contributed by atoms with van der Waals surface area (Å²) in [6, 6.07) is 8.74. The molecule has 0 fully saturated rings. The second-order valence-corrected chi connectivity index (χ2v) is 6.82. The van der Waals surface area contributed by atoms with E-state index in [0.29, 0.717) is 17.4 Å². The van der Waals surface area contributed by atoms with Crippen molar-refractivity contribution in [2.45, 2.75) is 13.0 Å². The number of esters is 1. The highest BCUT2D eigenvalue weighted by Gasteiger charge is 2.16. The molecule has 1 amide bonds. The maximum absolute atomic E-state index is 14.3. The highest BCUT2D eigenvalue weighted by molar-refractivity contribution is 7.16. The summed E-state index contributed by atoms with van der Waals surface area (Å²) in [4.78, 5) is 28.2. The predicted molar refractivity (Wildman–Crippen MR) is 99.0 cm³/mol. The van der Waals surface area contributed by atoms with Crippen molar-refractivity contribution in [2.24, 2.45) is 4.99 Å². The summed E-state index contributed by atoms with van der Waals surface area (Å²) < 4.78 is 39.0. The molecule has 0 spiro atoms. The SMILES string of the molecule is COC(=O)Cn1c(=NC(=O)Cc2ccc(OC)cc2)sc2cc(F)cc(F)c21. The summed E-state index contributed by atoms with van der Waals surface area (Å²) in [6.45, 7) is -0.353. The van der Waals surface area contributed by atoms with Crippen molar-refractivity contribution in [1.82, 2.24) is 4.57 Å². The molecule has 9 heteroatoms. The van der Waals surface area contributed by atoms with Crippen LogP contribution in [-0.4, -0.2) is 30.7 Å². The van der Waals surface area contributed by atoms with Crippen LogP contribution in [-0.2, 0) is 27.3 Å². The molecule has 0 atom stereocenters. The third kappa shape index (κ3) is 4.25. The van der Waals surface area contributed by atoms with E-state index in [1.807, 2.05) is 0 Å². The summed E-state index contributed by atoms with van der Waals surface area (Å²) >= 11 is 0.917. The highest BCUT2D eigenvalue weighted by Crippen LogP contribution is 2.22. The van der Waals surface area contributed by atoms with Gasteiger partial charge in [-0.05, 0) is 23.8 Å². The van der Waals surface area contributed by atoms with Gasteiger partial charge in [0.25, 0.3) is 5.91 Å². The third-order valence-corrected chi connectivity index (χ3v) is 4.97. The van der Waals surface area contributed by atoms with Gasteiger partial charge in [-0.2, -0.15) is 4.99 Å². The molecule has 0 aliphatic rings. The number of nitrogens with zero attached hydrogens (tertiary/aromatic N) is 2. The summed E-state index contributed by atoms with van der Waals surface area (Å²) in [5.41, 5.74) is 0.709. The Kier molecular flexibility index (Phi) is 5.84. The van der Waals surface area contributed by atoms with E-state index in [2.05, 4.69) is 9.73 Å². The van der Waals surface area contributed by atoms with Crippen LogP contribution < -0.4 is 9.54 Å². The van der Waals surface area contributed by atoms with Crippen LogP contribution in [0, 0.1) is 11.6 Å². The van der Waals surface area contributed by atoms with Gasteiger partial charge in [0.05, 0.1) is 30.9 Å². The summed E-state index contributed by atoms with van der Waals surface area (Å²) in [7, 11) is 2.73. The largest absolute Gasteiger partial charge is 0.497 e. The number of benzene rings is 2. The Labute approximate surface area is 162 Å². The number of halogens is 2. The van der Waals surface area contributed by atoms with Crippen LogP contribution in [0.4, 0.5) is 8.78 Å². The number of methoxy groups -OCH3 is 2. The second-order valence-electron chi connectivity index (χ2n) is 5.81. The Balaban J connectivity index is 2.01. The molecule has 3 aromatic rings. The van der Waals surface area contributed by atoms with Gasteiger partial charge in [-0.15, -0.1) is 0 Å². The maximum Gasteiger partial charge on any atom is 0.325 e. The number of hydrogen-bond donors (Lipinski definition) is 0. The number of hydrogen-bond acceptors (Lipinski definition) is 5. The van der Waals surface area contributed by atoms with Gasteiger partial charge in [0.2, 0.25) is 0 Å². The molecule has 0 saturated carbocycles. The van der Waals surface area contributed by atoms with Crippen LogP contribution in [0.3, 0.4) is 0 Å². The van der Waals surface area contributed by atoms with Crippen LogP contribution in [0.15, 0.2) is 41.4 Å². The molecule has 0 aliphatic heterocycles. The quantitative estimate of drug-likeness (QED) is 0.611. The fourth-order valence-electron chi connectivity index (χ4n) is 2.62. The standard InChI is InChI=1S/C19H16F2N2O4S/c1-26-13-5-3-11(4-6-13)7-16(24)22-19-23(10-17(25)27-2)18-14(21)8-12(20)9-15(18)28-19/h3-6,8-9H,7,10H2,1-2H3. The van der Waals surface area contributed by atoms with Crippen LogP contribution >= 0.6 is 11.3 Å². The van der Waals surface area contributed by atoms with Gasteiger partial charge in [0, 0.05) is 6.07 Å². The smallest absolute Gasteiger partial charge is 0.325 e. The van der Waals surface area contributed by atoms with Gasteiger partial charge in [-0.1, -0.05) is 23.5 Å². The average molecular weight is 406 g/mol. The summed E-state index contributed by atoms with van der Waals surface area (Å²) in [5, 5.41) is 0. The average Bonchev–Trinajstić information content (AvgIpc) is 2.98. The molecule has 3 rings (SSSR count). The zero-order valence-corrected chi connectivity index (χ0v) is 15.9. The minimum Gasteiger partial charge on any atom is -0.497 e. The summed E-state index contributed by atoms with van der Waals surface area (Å²) in [6.07, 6.45) is 0.00725. The second kappa shape index (κ2) is 8.30. The Bertz CT molecular complexity index is 1100. The van der Waals surface area contributed by atoms with E-state index < -0.39 is 23.5 Å². The van der Waals surface area contributed by atoms with Crippen LogP contribution in [0.25, 0.3) is 10.2 Å². The molecule has 0 bridgehead atoms. The van der Waals surface area contributed by atoms with E-state index in [9.17, 15) is 18.4 Å². The van der Waals surface area contributed by atoms with E-state index in [0.717, 1.165) is 17.4 Å². The van der Waals surface area contributed by atoms with Gasteiger partial charge in [-0.3, -0.25) is 9.59 Å². The maximum atomic E-state index is 14.3. The van der Waals surface area contributed by atoms with Crippen molar-refractivity contribution < 1.29 is 27.8 Å². The van der Waals surface area contributed by atoms with Crippen LogP contribution in [0.1, 0.15) is 5.56 Å². The molecule has 0 aliphatic carbocycles. The Morgan fingerprint density at radius 2 is 1.86 bits per heavy atom. The van der Waals surface area contributed by atoms with Crippen molar-refractivity contribution >= 4 is 33.4 Å². The predicted octanol–water partition coefficient (Wildman–Crippen LogP) is 2.83. The highest BCUT2D eigenvalue weighted by atomic mass is 32.1. The molecule has 28 heavy (non-hydrogen) atoms. The zero-order chi connectivity index (χ0) is 20.3. The number of carbonyl (C=O) groups is 2. The van der Waals surface area contributed by atoms with Gasteiger partial charge in [0.15, 0.2) is 10.6 Å². The molecule has 0 radical (unpaired) electrons. The molecular weight excluding hydrogens is 390 g/mol. The number of fused-ring (bicyclic) bond motifs is 1.